The number of anilines is 2. The summed E-state index contributed by atoms with van der Waals surface area (Å²) in [5, 5.41) is 21.6. The van der Waals surface area contributed by atoms with E-state index in [1.807, 2.05) is 30.3 Å². The normalized spacial score (nSPS) is 10.8. The number of benzene rings is 2. The Morgan fingerprint density at radius 3 is 2.79 bits per heavy atom. The minimum atomic E-state index is 0.482. The van der Waals surface area contributed by atoms with E-state index in [1.54, 1.807) is 12.4 Å². The van der Waals surface area contributed by atoms with E-state index in [-0.39, 0.29) is 0 Å². The Hall–Kier alpha value is -2.64. The fourth-order valence-corrected chi connectivity index (χ4v) is 4.54. The summed E-state index contributed by atoms with van der Waals surface area (Å²) in [6.07, 6.45) is 3.52. The molecule has 8 heteroatoms. The van der Waals surface area contributed by atoms with Gasteiger partial charge >= 0.3 is 0 Å². The van der Waals surface area contributed by atoms with Crippen molar-refractivity contribution in [2.24, 2.45) is 0 Å². The summed E-state index contributed by atoms with van der Waals surface area (Å²) in [6.45, 7) is 0.513. The molecule has 0 aliphatic heterocycles. The third-order valence-corrected chi connectivity index (χ3v) is 6.13. The maximum Gasteiger partial charge on any atom is 0.120 e. The van der Waals surface area contributed by atoms with Gasteiger partial charge in [-0.25, -0.2) is 0 Å². The highest BCUT2D eigenvalue weighted by molar-refractivity contribution is 14.1. The van der Waals surface area contributed by atoms with Gasteiger partial charge in [0.25, 0.3) is 0 Å². The second-order valence-corrected chi connectivity index (χ2v) is 7.97. The van der Waals surface area contributed by atoms with E-state index in [2.05, 4.69) is 71.2 Å². The number of H-pyrrole nitrogens is 1. The number of alkyl halides is 1. The zero-order valence-corrected chi connectivity index (χ0v) is 19.0. The second-order valence-electron chi connectivity index (χ2n) is 6.42. The quantitative estimate of drug-likeness (QED) is 0.173. The molecule has 0 fully saturated rings. The molecule has 4 rings (SSSR count). The van der Waals surface area contributed by atoms with Gasteiger partial charge in [-0.2, -0.15) is 10.4 Å². The summed E-state index contributed by atoms with van der Waals surface area (Å²) >= 11 is 5.84. The molecule has 0 atom stereocenters. The lowest BCUT2D eigenvalue weighted by Crippen LogP contribution is -2.06. The first-order chi connectivity index (χ1) is 14.2. The zero-order chi connectivity index (χ0) is 20.4. The van der Waals surface area contributed by atoms with E-state index < -0.39 is 0 Å². The Morgan fingerprint density at radius 1 is 1.24 bits per heavy atom. The van der Waals surface area contributed by atoms with E-state index in [0.717, 1.165) is 32.1 Å². The number of aromatic nitrogens is 3. The molecular formula is C21H16BrIN6. The molecule has 2 heterocycles. The van der Waals surface area contributed by atoms with Crippen LogP contribution in [-0.4, -0.2) is 15.2 Å². The second kappa shape index (κ2) is 8.39. The predicted molar refractivity (Wildman–Crippen MR) is 128 cm³/mol. The Kier molecular flexibility index (Phi) is 5.69. The predicted octanol–water partition coefficient (Wildman–Crippen LogP) is 5.39. The van der Waals surface area contributed by atoms with Crippen LogP contribution in [0.1, 0.15) is 16.7 Å². The van der Waals surface area contributed by atoms with Gasteiger partial charge in [0.1, 0.15) is 16.2 Å². The third kappa shape index (κ3) is 3.56. The van der Waals surface area contributed by atoms with Crippen molar-refractivity contribution >= 4 is 60.8 Å². The fourth-order valence-electron chi connectivity index (χ4n) is 3.39. The van der Waals surface area contributed by atoms with Gasteiger partial charge in [0.15, 0.2) is 0 Å². The molecule has 0 saturated heterocycles. The first-order valence-corrected chi connectivity index (χ1v) is 11.1. The lowest BCUT2D eigenvalue weighted by Gasteiger charge is -2.17. The molecule has 0 unspecified atom stereocenters. The van der Waals surface area contributed by atoms with Gasteiger partial charge in [-0.1, -0.05) is 52.9 Å². The monoisotopic (exact) mass is 558 g/mol. The maximum absolute atomic E-state index is 10.1. The zero-order valence-electron chi connectivity index (χ0n) is 15.2. The number of nitrogens with two attached hydrogens (primary N) is 1. The molecule has 144 valence electrons. The molecule has 29 heavy (non-hydrogen) atoms. The van der Waals surface area contributed by atoms with Crippen LogP contribution in [0.5, 0.6) is 0 Å². The summed E-state index contributed by atoms with van der Waals surface area (Å²) < 4.78 is 1.49. The molecule has 0 radical (unpaired) electrons. The van der Waals surface area contributed by atoms with Crippen LogP contribution >= 0.6 is 38.5 Å². The van der Waals surface area contributed by atoms with Crippen LogP contribution in [0, 0.1) is 11.3 Å². The summed E-state index contributed by atoms with van der Waals surface area (Å²) in [5.74, 6) is 0. The molecule has 4 N–H and O–H groups in total. The number of nitrogens with zero attached hydrogens (tertiary/aromatic N) is 3. The average Bonchev–Trinajstić information content (AvgIpc) is 3.15. The lowest BCUT2D eigenvalue weighted by molar-refractivity contribution is 1.08. The third-order valence-electron chi connectivity index (χ3n) is 4.73. The molecule has 0 amide bonds. The van der Waals surface area contributed by atoms with Crippen molar-refractivity contribution in [1.29, 1.82) is 5.26 Å². The van der Waals surface area contributed by atoms with Crippen molar-refractivity contribution in [1.82, 2.24) is 15.2 Å². The van der Waals surface area contributed by atoms with Crippen molar-refractivity contribution in [3.05, 3.63) is 70.1 Å². The van der Waals surface area contributed by atoms with Crippen molar-refractivity contribution in [3.8, 4) is 17.2 Å². The molecule has 2 aromatic carbocycles. The highest BCUT2D eigenvalue weighted by Crippen LogP contribution is 2.44. The Balaban J connectivity index is 1.97. The van der Waals surface area contributed by atoms with Crippen molar-refractivity contribution < 1.29 is 0 Å². The van der Waals surface area contributed by atoms with Crippen LogP contribution < -0.4 is 11.1 Å². The largest absolute Gasteiger partial charge is 0.398 e. The van der Waals surface area contributed by atoms with Crippen molar-refractivity contribution in [2.45, 2.75) is 11.0 Å². The minimum absolute atomic E-state index is 0.482. The lowest BCUT2D eigenvalue weighted by atomic mass is 9.92. The highest BCUT2D eigenvalue weighted by Gasteiger charge is 2.24. The number of aromatic amines is 1. The summed E-state index contributed by atoms with van der Waals surface area (Å²) in [5.41, 5.74) is 12.7. The summed E-state index contributed by atoms with van der Waals surface area (Å²) in [4.78, 5) is 4.15. The maximum atomic E-state index is 10.1. The van der Waals surface area contributed by atoms with E-state index in [9.17, 15) is 5.26 Å². The first-order valence-electron chi connectivity index (χ1n) is 8.81. The Bertz CT molecular complexity index is 1230. The number of nitrogen functional groups attached to an aromatic ring is 1. The van der Waals surface area contributed by atoms with Gasteiger partial charge in [-0.3, -0.25) is 10.1 Å². The van der Waals surface area contributed by atoms with Crippen LogP contribution in [-0.2, 0) is 11.0 Å². The number of rotatable bonds is 5. The van der Waals surface area contributed by atoms with Crippen LogP contribution in [0.4, 0.5) is 11.4 Å². The van der Waals surface area contributed by atoms with E-state index >= 15 is 0 Å². The number of fused-ring (bicyclic) bond motifs is 1. The molecule has 0 spiro atoms. The van der Waals surface area contributed by atoms with Gasteiger partial charge in [-0.05, 0) is 38.7 Å². The van der Waals surface area contributed by atoms with Gasteiger partial charge in [0.2, 0.25) is 0 Å². The number of pyridine rings is 1. The van der Waals surface area contributed by atoms with Crippen LogP contribution in [0.3, 0.4) is 0 Å². The average molecular weight is 559 g/mol. The van der Waals surface area contributed by atoms with Gasteiger partial charge in [0, 0.05) is 28.9 Å². The van der Waals surface area contributed by atoms with Gasteiger partial charge in [-0.15, -0.1) is 0 Å². The molecule has 0 saturated carbocycles. The standard InChI is InChI=1S/C21H16BrIN6/c22-21-17-18(25)16(14-6-2-1-5-13(14)8-23)15(9-24)19(20(17)28-29-21)27-11-12-4-3-7-26-10-12/h1-7,10,27H,8,11,25H2,(H,28,29). The Labute approximate surface area is 189 Å². The summed E-state index contributed by atoms with van der Waals surface area (Å²) in [7, 11) is 0. The smallest absolute Gasteiger partial charge is 0.120 e. The van der Waals surface area contributed by atoms with E-state index in [0.29, 0.717) is 33.6 Å². The van der Waals surface area contributed by atoms with Gasteiger partial charge < -0.3 is 11.1 Å². The Morgan fingerprint density at radius 2 is 2.07 bits per heavy atom. The fraction of sp³-hybridized carbons (Fsp3) is 0.0952. The molecule has 6 nitrogen and oxygen atoms in total. The van der Waals surface area contributed by atoms with Crippen molar-refractivity contribution in [3.63, 3.8) is 0 Å². The number of halogens is 2. The molecular weight excluding hydrogens is 543 g/mol. The molecule has 4 aromatic rings. The summed E-state index contributed by atoms with van der Waals surface area (Å²) in [6, 6.07) is 14.2. The first kappa shape index (κ1) is 19.7. The molecule has 0 bridgehead atoms. The molecule has 2 aromatic heterocycles. The number of hydrogen-bond acceptors (Lipinski definition) is 5. The topological polar surface area (TPSA) is 103 Å². The van der Waals surface area contributed by atoms with Crippen LogP contribution in [0.2, 0.25) is 0 Å². The van der Waals surface area contributed by atoms with Crippen molar-refractivity contribution in [2.75, 3.05) is 11.1 Å². The van der Waals surface area contributed by atoms with E-state index in [4.69, 9.17) is 5.73 Å². The SMILES string of the molecule is N#Cc1c(-c2ccccc2CI)c(N)c2c(Br)[nH]nc2c1NCc1cccnc1. The highest BCUT2D eigenvalue weighted by atomic mass is 127. The van der Waals surface area contributed by atoms with Gasteiger partial charge in [0.05, 0.1) is 22.3 Å². The molecule has 0 aliphatic rings. The molecule has 0 aliphatic carbocycles. The number of nitrogens with one attached hydrogen (secondary N) is 2. The number of nitriles is 1. The van der Waals surface area contributed by atoms with E-state index in [1.165, 1.54) is 0 Å². The van der Waals surface area contributed by atoms with Crippen LogP contribution in [0.15, 0.2) is 53.4 Å². The number of hydrogen-bond donors (Lipinski definition) is 3. The minimum Gasteiger partial charge on any atom is -0.398 e. The van der Waals surface area contributed by atoms with Crippen LogP contribution in [0.25, 0.3) is 22.0 Å².